The number of phenolic OH excluding ortho intramolecular Hbond substituents is 8. The van der Waals surface area contributed by atoms with Crippen molar-refractivity contribution in [3.05, 3.63) is 98.7 Å². The van der Waals surface area contributed by atoms with Crippen molar-refractivity contribution in [2.45, 2.75) is 37.3 Å². The summed E-state index contributed by atoms with van der Waals surface area (Å²) in [6.45, 7) is 0. The second-order valence-corrected chi connectivity index (χ2v) is 12.2. The maximum atomic E-state index is 13.9. The van der Waals surface area contributed by atoms with Crippen LogP contribution in [0.15, 0.2) is 65.5 Å². The Morgan fingerprint density at radius 1 is 0.667 bits per heavy atom. The molecule has 15 nitrogen and oxygen atoms in total. The van der Waals surface area contributed by atoms with Gasteiger partial charge in [0, 0.05) is 59.4 Å². The van der Waals surface area contributed by atoms with Crippen LogP contribution in [0.1, 0.15) is 44.8 Å². The molecule has 5 aromatic carbocycles. The number of aliphatic hydroxyl groups excluding tert-OH is 1. The fourth-order valence-corrected chi connectivity index (χ4v) is 6.42. The van der Waals surface area contributed by atoms with Gasteiger partial charge in [0.2, 0.25) is 5.43 Å². The molecule has 0 radical (unpaired) electrons. The van der Waals surface area contributed by atoms with Crippen LogP contribution in [0.3, 0.4) is 0 Å². The van der Waals surface area contributed by atoms with Crippen LogP contribution in [0.5, 0.6) is 63.2 Å². The molecule has 2 aliphatic heterocycles. The molecule has 5 aromatic rings. The molecule has 262 valence electrons. The van der Waals surface area contributed by atoms with E-state index in [-0.39, 0.29) is 57.9 Å². The molecular weight excluding hydrogens is 672 g/mol. The Kier molecular flexibility index (Phi) is 7.71. The standard InChI is InChI=1S/C36H28O15/c37-16-8-21(39)19-11-27(45)35(50-29(19)9-16)18-10-26(44)33(47)31-17(18)3-15(6-25(43)32(31)46)36(48)51-30-7-14-5-23(41)24(42)12-28(14)49-34(30)13-1-2-20(38)22(40)4-13/h1-6,8-10,12,27,30,34-35,37-42,44-45,47H,7,11H2,(H,43,46). The highest BCUT2D eigenvalue weighted by molar-refractivity contribution is 6.01. The maximum absolute atomic E-state index is 13.9. The minimum atomic E-state index is -1.42. The van der Waals surface area contributed by atoms with Gasteiger partial charge in [0.15, 0.2) is 52.5 Å². The van der Waals surface area contributed by atoms with E-state index in [1.807, 2.05) is 0 Å². The number of carbonyl (C=O) groups excluding carboxylic acids is 1. The molecule has 51 heavy (non-hydrogen) atoms. The number of benzene rings is 4. The van der Waals surface area contributed by atoms with Gasteiger partial charge in [0.05, 0.1) is 17.1 Å². The van der Waals surface area contributed by atoms with Gasteiger partial charge < -0.3 is 65.3 Å². The number of rotatable bonds is 4. The zero-order valence-electron chi connectivity index (χ0n) is 26.0. The third-order valence-corrected chi connectivity index (χ3v) is 8.89. The second kappa shape index (κ2) is 12.0. The van der Waals surface area contributed by atoms with Gasteiger partial charge in [-0.3, -0.25) is 4.79 Å². The maximum Gasteiger partial charge on any atom is 0.338 e. The second-order valence-electron chi connectivity index (χ2n) is 12.2. The van der Waals surface area contributed by atoms with E-state index in [1.165, 1.54) is 30.3 Å². The third kappa shape index (κ3) is 5.64. The van der Waals surface area contributed by atoms with Crippen molar-refractivity contribution < 1.29 is 70.1 Å². The lowest BCUT2D eigenvalue weighted by Crippen LogP contribution is -2.34. The summed E-state index contributed by atoms with van der Waals surface area (Å²) in [7, 11) is 0. The van der Waals surface area contributed by atoms with E-state index in [9.17, 15) is 60.7 Å². The first kappa shape index (κ1) is 32.8. The van der Waals surface area contributed by atoms with Crippen LogP contribution >= 0.6 is 0 Å². The summed E-state index contributed by atoms with van der Waals surface area (Å²) in [6, 6.07) is 11.1. The Morgan fingerprint density at radius 2 is 1.37 bits per heavy atom. The van der Waals surface area contributed by atoms with Crippen molar-refractivity contribution in [2.24, 2.45) is 0 Å². The van der Waals surface area contributed by atoms with E-state index < -0.39 is 87.0 Å². The summed E-state index contributed by atoms with van der Waals surface area (Å²) >= 11 is 0. The smallest absolute Gasteiger partial charge is 0.338 e. The van der Waals surface area contributed by atoms with Crippen molar-refractivity contribution >= 4 is 16.7 Å². The molecule has 4 unspecified atom stereocenters. The monoisotopic (exact) mass is 700 g/mol. The minimum Gasteiger partial charge on any atom is -0.508 e. The molecule has 0 spiro atoms. The number of phenols is 8. The highest BCUT2D eigenvalue weighted by Gasteiger charge is 2.37. The van der Waals surface area contributed by atoms with Gasteiger partial charge in [-0.15, -0.1) is 0 Å². The Balaban J connectivity index is 1.34. The Bertz CT molecular complexity index is 2340. The predicted molar refractivity (Wildman–Crippen MR) is 174 cm³/mol. The van der Waals surface area contributed by atoms with Crippen molar-refractivity contribution in [3.8, 4) is 63.2 Å². The van der Waals surface area contributed by atoms with Gasteiger partial charge in [-0.25, -0.2) is 4.79 Å². The summed E-state index contributed by atoms with van der Waals surface area (Å²) in [4.78, 5) is 27.1. The Morgan fingerprint density at radius 3 is 2.12 bits per heavy atom. The lowest BCUT2D eigenvalue weighted by atomic mass is 9.91. The third-order valence-electron chi connectivity index (χ3n) is 8.89. The molecule has 0 saturated carbocycles. The lowest BCUT2D eigenvalue weighted by molar-refractivity contribution is -0.0184. The topological polar surface area (TPSA) is 264 Å². The lowest BCUT2D eigenvalue weighted by Gasteiger charge is -2.33. The normalized spacial score (nSPS) is 19.3. The molecular formula is C36H28O15. The number of aliphatic hydroxyl groups is 1. The van der Waals surface area contributed by atoms with Crippen LogP contribution in [0.2, 0.25) is 0 Å². The van der Waals surface area contributed by atoms with E-state index in [0.717, 1.165) is 30.3 Å². The zero-order chi connectivity index (χ0) is 36.5. The van der Waals surface area contributed by atoms with E-state index in [2.05, 4.69) is 0 Å². The Labute approximate surface area is 285 Å². The highest BCUT2D eigenvalue weighted by Crippen LogP contribution is 2.48. The summed E-state index contributed by atoms with van der Waals surface area (Å²) in [5.41, 5.74) is -1.03. The molecule has 10 N–H and O–H groups in total. The Hall–Kier alpha value is -6.74. The molecule has 0 amide bonds. The van der Waals surface area contributed by atoms with Gasteiger partial charge in [0.25, 0.3) is 0 Å². The first-order valence-electron chi connectivity index (χ1n) is 15.3. The molecule has 2 heterocycles. The quantitative estimate of drug-likeness (QED) is 0.0950. The van der Waals surface area contributed by atoms with Gasteiger partial charge in [-0.1, -0.05) is 6.07 Å². The van der Waals surface area contributed by atoms with Gasteiger partial charge in [-0.05, 0) is 35.7 Å². The average molecular weight is 701 g/mol. The number of fused-ring (bicyclic) bond motifs is 3. The minimum absolute atomic E-state index is 0.0274. The first-order chi connectivity index (χ1) is 24.2. The highest BCUT2D eigenvalue weighted by atomic mass is 16.6. The van der Waals surface area contributed by atoms with E-state index in [0.29, 0.717) is 5.56 Å². The number of hydrogen-bond donors (Lipinski definition) is 10. The fraction of sp³-hybridized carbons (Fsp3) is 0.167. The van der Waals surface area contributed by atoms with Crippen molar-refractivity contribution in [1.82, 2.24) is 0 Å². The molecule has 15 heteroatoms. The molecule has 7 rings (SSSR count). The summed E-state index contributed by atoms with van der Waals surface area (Å²) in [6.07, 6.45) is -5.53. The zero-order valence-corrected chi connectivity index (χ0v) is 26.0. The molecule has 0 aromatic heterocycles. The van der Waals surface area contributed by atoms with Crippen molar-refractivity contribution in [2.75, 3.05) is 0 Å². The predicted octanol–water partition coefficient (Wildman–Crippen LogP) is 3.49. The molecule has 4 atom stereocenters. The largest absolute Gasteiger partial charge is 0.508 e. The van der Waals surface area contributed by atoms with E-state index >= 15 is 0 Å². The van der Waals surface area contributed by atoms with Gasteiger partial charge in [-0.2, -0.15) is 0 Å². The summed E-state index contributed by atoms with van der Waals surface area (Å²) in [5.74, 6) is -6.49. The van der Waals surface area contributed by atoms with Crippen LogP contribution in [-0.2, 0) is 17.6 Å². The van der Waals surface area contributed by atoms with E-state index in [4.69, 9.17) is 14.2 Å². The number of hydrogen-bond acceptors (Lipinski definition) is 15. The van der Waals surface area contributed by atoms with Crippen molar-refractivity contribution in [1.29, 1.82) is 0 Å². The van der Waals surface area contributed by atoms with Gasteiger partial charge >= 0.3 is 5.97 Å². The molecule has 0 saturated heterocycles. The SMILES string of the molecule is O=C(OC1Cc2cc(O)c(O)cc2OC1c1ccc(O)c(O)c1)c1cc(=O)c(O)c2c(O)c(O)cc(C3Oc4cc(O)cc(O)c4CC3O)c2c1. The number of ether oxygens (including phenoxy) is 3. The van der Waals surface area contributed by atoms with E-state index in [1.54, 1.807) is 0 Å². The van der Waals surface area contributed by atoms with Crippen LogP contribution < -0.4 is 14.9 Å². The van der Waals surface area contributed by atoms with Gasteiger partial charge in [0.1, 0.15) is 29.1 Å². The molecule has 0 bridgehead atoms. The summed E-state index contributed by atoms with van der Waals surface area (Å²) < 4.78 is 17.8. The van der Waals surface area contributed by atoms with Crippen LogP contribution in [-0.4, -0.2) is 69.2 Å². The number of carbonyl (C=O) groups is 1. The first-order valence-corrected chi connectivity index (χ1v) is 15.3. The van der Waals surface area contributed by atoms with Crippen LogP contribution in [0, 0.1) is 0 Å². The van der Waals surface area contributed by atoms with Crippen LogP contribution in [0.25, 0.3) is 10.8 Å². The van der Waals surface area contributed by atoms with Crippen LogP contribution in [0.4, 0.5) is 0 Å². The number of esters is 1. The van der Waals surface area contributed by atoms with Crippen molar-refractivity contribution in [3.63, 3.8) is 0 Å². The molecule has 0 aliphatic carbocycles. The fourth-order valence-electron chi connectivity index (χ4n) is 6.42. The number of aromatic hydroxyl groups is 9. The molecule has 2 aliphatic rings. The molecule has 0 fully saturated rings. The average Bonchev–Trinajstić information content (AvgIpc) is 3.20. The summed E-state index contributed by atoms with van der Waals surface area (Å²) in [5, 5.41) is 103.